The second-order valence-electron chi connectivity index (χ2n) is 4.23. The van der Waals surface area contributed by atoms with Gasteiger partial charge in [0.1, 0.15) is 0 Å². The van der Waals surface area contributed by atoms with Crippen molar-refractivity contribution in [1.82, 2.24) is 9.97 Å². The number of anilines is 1. The molecule has 0 saturated heterocycles. The molecule has 96 valence electrons. The standard InChI is InChI=1S/C14H13N3OS/c1-10(13-7-19-9-16-13)17-12-4-2-3-11(5-12)14-6-15-8-18-14/h2-10,17H,1H3. The average molecular weight is 271 g/mol. The van der Waals surface area contributed by atoms with E-state index in [4.69, 9.17) is 4.42 Å². The predicted octanol–water partition coefficient (Wildman–Crippen LogP) is 3.97. The highest BCUT2D eigenvalue weighted by Gasteiger charge is 2.08. The van der Waals surface area contributed by atoms with Crippen molar-refractivity contribution < 1.29 is 4.42 Å². The number of thiazole rings is 1. The second kappa shape index (κ2) is 5.24. The Bertz CT molecular complexity index is 635. The van der Waals surface area contributed by atoms with Crippen molar-refractivity contribution in [3.63, 3.8) is 0 Å². The van der Waals surface area contributed by atoms with Crippen molar-refractivity contribution in [1.29, 1.82) is 0 Å². The van der Waals surface area contributed by atoms with Crippen LogP contribution >= 0.6 is 11.3 Å². The Hall–Kier alpha value is -2.14. The third-order valence-corrected chi connectivity index (χ3v) is 3.46. The molecule has 19 heavy (non-hydrogen) atoms. The highest BCUT2D eigenvalue weighted by Crippen LogP contribution is 2.24. The summed E-state index contributed by atoms with van der Waals surface area (Å²) in [6, 6.07) is 8.25. The van der Waals surface area contributed by atoms with Crippen molar-refractivity contribution in [2.75, 3.05) is 5.32 Å². The monoisotopic (exact) mass is 271 g/mol. The summed E-state index contributed by atoms with van der Waals surface area (Å²) < 4.78 is 5.30. The summed E-state index contributed by atoms with van der Waals surface area (Å²) in [4.78, 5) is 8.25. The molecule has 0 aliphatic carbocycles. The van der Waals surface area contributed by atoms with E-state index in [1.165, 1.54) is 6.39 Å². The number of hydrogen-bond acceptors (Lipinski definition) is 5. The molecule has 0 aliphatic heterocycles. The summed E-state index contributed by atoms with van der Waals surface area (Å²) in [5.74, 6) is 0.768. The van der Waals surface area contributed by atoms with Gasteiger partial charge in [-0.15, -0.1) is 11.3 Å². The minimum Gasteiger partial charge on any atom is -0.444 e. The molecule has 1 aromatic carbocycles. The van der Waals surface area contributed by atoms with Gasteiger partial charge in [0.05, 0.1) is 23.4 Å². The van der Waals surface area contributed by atoms with E-state index >= 15 is 0 Å². The van der Waals surface area contributed by atoms with Gasteiger partial charge in [-0.1, -0.05) is 12.1 Å². The van der Waals surface area contributed by atoms with Crippen LogP contribution < -0.4 is 5.32 Å². The fraction of sp³-hybridized carbons (Fsp3) is 0.143. The van der Waals surface area contributed by atoms with Crippen LogP contribution in [-0.4, -0.2) is 9.97 Å². The topological polar surface area (TPSA) is 51.0 Å². The average Bonchev–Trinajstić information content (AvgIpc) is 3.13. The van der Waals surface area contributed by atoms with E-state index in [1.807, 2.05) is 29.8 Å². The number of nitrogens with one attached hydrogen (secondary N) is 1. The second-order valence-corrected chi connectivity index (χ2v) is 4.94. The van der Waals surface area contributed by atoms with E-state index in [9.17, 15) is 0 Å². The molecule has 0 radical (unpaired) electrons. The Morgan fingerprint density at radius 2 is 2.32 bits per heavy atom. The van der Waals surface area contributed by atoms with Gasteiger partial charge in [-0.25, -0.2) is 9.97 Å². The van der Waals surface area contributed by atoms with Crippen molar-refractivity contribution >= 4 is 17.0 Å². The summed E-state index contributed by atoms with van der Waals surface area (Å²) in [7, 11) is 0. The Labute approximate surface area is 115 Å². The number of rotatable bonds is 4. The predicted molar refractivity (Wildman–Crippen MR) is 76.1 cm³/mol. The minimum atomic E-state index is 0.177. The van der Waals surface area contributed by atoms with Crippen molar-refractivity contribution in [3.05, 3.63) is 53.4 Å². The van der Waals surface area contributed by atoms with Crippen molar-refractivity contribution in [3.8, 4) is 11.3 Å². The first-order valence-corrected chi connectivity index (χ1v) is 6.91. The van der Waals surface area contributed by atoms with Crippen LogP contribution in [0.5, 0.6) is 0 Å². The maximum atomic E-state index is 5.30. The quantitative estimate of drug-likeness (QED) is 0.780. The molecule has 1 unspecified atom stereocenters. The molecule has 2 aromatic heterocycles. The molecule has 1 N–H and O–H groups in total. The molecule has 0 bridgehead atoms. The third-order valence-electron chi connectivity index (χ3n) is 2.86. The van der Waals surface area contributed by atoms with Gasteiger partial charge in [0.15, 0.2) is 12.2 Å². The van der Waals surface area contributed by atoms with Gasteiger partial charge in [0.2, 0.25) is 0 Å². The Morgan fingerprint density at radius 3 is 3.05 bits per heavy atom. The molecular formula is C14H13N3OS. The fourth-order valence-electron chi connectivity index (χ4n) is 1.88. The molecule has 0 saturated carbocycles. The van der Waals surface area contributed by atoms with Crippen LogP contribution in [0.1, 0.15) is 18.7 Å². The van der Waals surface area contributed by atoms with E-state index in [0.29, 0.717) is 0 Å². The zero-order chi connectivity index (χ0) is 13.1. The molecule has 0 aliphatic rings. The summed E-state index contributed by atoms with van der Waals surface area (Å²) in [6.45, 7) is 2.09. The normalized spacial score (nSPS) is 12.3. The largest absolute Gasteiger partial charge is 0.444 e. The summed E-state index contributed by atoms with van der Waals surface area (Å²) in [6.07, 6.45) is 3.15. The maximum Gasteiger partial charge on any atom is 0.181 e. The number of hydrogen-bond donors (Lipinski definition) is 1. The minimum absolute atomic E-state index is 0.177. The molecule has 0 amide bonds. The van der Waals surface area contributed by atoms with Crippen LogP contribution in [0.2, 0.25) is 0 Å². The highest BCUT2D eigenvalue weighted by atomic mass is 32.1. The number of nitrogens with zero attached hydrogens (tertiary/aromatic N) is 2. The lowest BCUT2D eigenvalue weighted by Crippen LogP contribution is -2.06. The lowest BCUT2D eigenvalue weighted by molar-refractivity contribution is 0.572. The van der Waals surface area contributed by atoms with E-state index in [0.717, 1.165) is 22.7 Å². The van der Waals surface area contributed by atoms with Gasteiger partial charge in [0, 0.05) is 16.6 Å². The number of aromatic nitrogens is 2. The molecule has 3 aromatic rings. The van der Waals surface area contributed by atoms with Crippen molar-refractivity contribution in [2.45, 2.75) is 13.0 Å². The van der Waals surface area contributed by atoms with E-state index in [1.54, 1.807) is 17.5 Å². The first-order chi connectivity index (χ1) is 9.33. The van der Waals surface area contributed by atoms with Gasteiger partial charge in [-0.2, -0.15) is 0 Å². The molecule has 3 rings (SSSR count). The van der Waals surface area contributed by atoms with Gasteiger partial charge >= 0.3 is 0 Å². The van der Waals surface area contributed by atoms with Crippen LogP contribution in [-0.2, 0) is 0 Å². The van der Waals surface area contributed by atoms with Crippen molar-refractivity contribution in [2.24, 2.45) is 0 Å². The zero-order valence-corrected chi connectivity index (χ0v) is 11.2. The van der Waals surface area contributed by atoms with Gasteiger partial charge in [0.25, 0.3) is 0 Å². The van der Waals surface area contributed by atoms with Gasteiger partial charge < -0.3 is 9.73 Å². The van der Waals surface area contributed by atoms with Gasteiger partial charge in [-0.05, 0) is 19.1 Å². The summed E-state index contributed by atoms with van der Waals surface area (Å²) in [5, 5.41) is 5.48. The molecule has 0 spiro atoms. The fourth-order valence-corrected chi connectivity index (χ4v) is 2.53. The Morgan fingerprint density at radius 1 is 1.37 bits per heavy atom. The van der Waals surface area contributed by atoms with E-state index in [2.05, 4.69) is 27.6 Å². The molecule has 4 nitrogen and oxygen atoms in total. The van der Waals surface area contributed by atoms with Crippen LogP contribution in [0.25, 0.3) is 11.3 Å². The zero-order valence-electron chi connectivity index (χ0n) is 10.4. The lowest BCUT2D eigenvalue weighted by atomic mass is 10.1. The molecular weight excluding hydrogens is 258 g/mol. The van der Waals surface area contributed by atoms with Crippen LogP contribution in [0.3, 0.4) is 0 Å². The Kier molecular flexibility index (Phi) is 3.29. The van der Waals surface area contributed by atoms with Gasteiger partial charge in [-0.3, -0.25) is 0 Å². The molecule has 1 atom stereocenters. The van der Waals surface area contributed by atoms with Crippen LogP contribution in [0.15, 0.2) is 52.2 Å². The summed E-state index contributed by atoms with van der Waals surface area (Å²) in [5.41, 5.74) is 4.94. The molecule has 5 heteroatoms. The van der Waals surface area contributed by atoms with E-state index in [-0.39, 0.29) is 6.04 Å². The molecule has 0 fully saturated rings. The third kappa shape index (κ3) is 2.66. The first-order valence-electron chi connectivity index (χ1n) is 5.96. The first kappa shape index (κ1) is 11.9. The Balaban J connectivity index is 1.80. The van der Waals surface area contributed by atoms with Crippen LogP contribution in [0.4, 0.5) is 5.69 Å². The lowest BCUT2D eigenvalue weighted by Gasteiger charge is -2.13. The smallest absolute Gasteiger partial charge is 0.181 e. The van der Waals surface area contributed by atoms with Crippen LogP contribution in [0, 0.1) is 0 Å². The SMILES string of the molecule is CC(Nc1cccc(-c2cnco2)c1)c1cscn1. The number of oxazole rings is 1. The summed E-state index contributed by atoms with van der Waals surface area (Å²) >= 11 is 1.61. The number of benzene rings is 1. The highest BCUT2D eigenvalue weighted by molar-refractivity contribution is 7.07. The molecule has 2 heterocycles. The van der Waals surface area contributed by atoms with E-state index < -0.39 is 0 Å². The maximum absolute atomic E-state index is 5.30.